The number of rotatable bonds is 7. The molecule has 3 rings (SSSR count). The van der Waals surface area contributed by atoms with E-state index in [1.165, 1.54) is 6.21 Å². The van der Waals surface area contributed by atoms with Crippen LogP contribution in [0.3, 0.4) is 0 Å². The van der Waals surface area contributed by atoms with E-state index in [1.807, 2.05) is 56.5 Å². The lowest BCUT2D eigenvalue weighted by Gasteiger charge is -2.22. The number of carbonyl (C=O) groups excluding carboxylic acids is 1. The first-order chi connectivity index (χ1) is 15.8. The monoisotopic (exact) mass is 520 g/mol. The first kappa shape index (κ1) is 25.8. The average molecular weight is 521 g/mol. The molecule has 0 bridgehead atoms. The Labute approximate surface area is 210 Å². The molecule has 0 aliphatic carbocycles. The molecule has 0 aliphatic rings. The van der Waals surface area contributed by atoms with E-state index in [0.717, 1.165) is 44.3 Å². The summed E-state index contributed by atoms with van der Waals surface area (Å²) in [5.41, 5.74) is 8.06. The van der Waals surface area contributed by atoms with Crippen LogP contribution >= 0.6 is 23.2 Å². The molecule has 3 aromatic rings. The van der Waals surface area contributed by atoms with Gasteiger partial charge in [-0.25, -0.2) is 13.8 Å². The van der Waals surface area contributed by atoms with Gasteiger partial charge in [0.05, 0.1) is 18.2 Å². The molecule has 0 atom stereocenters. The van der Waals surface area contributed by atoms with E-state index < -0.39 is 15.9 Å². The lowest BCUT2D eigenvalue weighted by Crippen LogP contribution is -2.39. The molecule has 0 spiro atoms. The summed E-state index contributed by atoms with van der Waals surface area (Å²) in [5.74, 6) is -0.559. The lowest BCUT2D eigenvalue weighted by molar-refractivity contribution is -0.119. The Morgan fingerprint density at radius 3 is 2.15 bits per heavy atom. The van der Waals surface area contributed by atoms with Gasteiger partial charge >= 0.3 is 0 Å². The molecule has 1 aromatic heterocycles. The van der Waals surface area contributed by atoms with Crippen LogP contribution in [0, 0.1) is 27.7 Å². The van der Waals surface area contributed by atoms with Gasteiger partial charge in [0.15, 0.2) is 0 Å². The summed E-state index contributed by atoms with van der Waals surface area (Å²) in [5, 5.41) is 5.09. The number of aryl methyl sites for hydroxylation is 3. The molecule has 0 radical (unpaired) electrons. The number of nitrogens with zero attached hydrogens (tertiary/aromatic N) is 3. The maximum Gasteiger partial charge on any atom is 0.260 e. The van der Waals surface area contributed by atoms with Crippen molar-refractivity contribution in [1.82, 2.24) is 9.99 Å². The maximum atomic E-state index is 12.5. The van der Waals surface area contributed by atoms with Crippen LogP contribution in [0.15, 0.2) is 47.6 Å². The van der Waals surface area contributed by atoms with Crippen LogP contribution in [0.2, 0.25) is 10.0 Å². The van der Waals surface area contributed by atoms with Gasteiger partial charge in [-0.1, -0.05) is 29.3 Å². The van der Waals surface area contributed by atoms with Crippen LogP contribution in [0.25, 0.3) is 5.69 Å². The maximum absolute atomic E-state index is 12.5. The molecule has 7 nitrogen and oxygen atoms in total. The Morgan fingerprint density at radius 2 is 1.59 bits per heavy atom. The SMILES string of the molecule is Cc1cc(C)cc(N(CC(=O)N/N=C\c2cc(C)n(-c3cc(Cl)cc(Cl)c3)c2C)S(C)(=O)=O)c1. The van der Waals surface area contributed by atoms with Crippen molar-refractivity contribution in [1.29, 1.82) is 0 Å². The minimum atomic E-state index is -3.67. The Kier molecular flexibility index (Phi) is 7.75. The zero-order chi connectivity index (χ0) is 25.2. The number of carbonyl (C=O) groups is 1. The van der Waals surface area contributed by atoms with Crippen LogP contribution in [0.5, 0.6) is 0 Å². The molecule has 10 heteroatoms. The zero-order valence-electron chi connectivity index (χ0n) is 19.6. The van der Waals surface area contributed by atoms with E-state index in [0.29, 0.717) is 15.7 Å². The summed E-state index contributed by atoms with van der Waals surface area (Å²) in [6, 6.07) is 12.6. The van der Waals surface area contributed by atoms with Crippen molar-refractivity contribution >= 4 is 51.0 Å². The molecule has 1 amide bonds. The number of amides is 1. The molecule has 0 aliphatic heterocycles. The minimum absolute atomic E-state index is 0.390. The predicted molar refractivity (Wildman–Crippen MR) is 139 cm³/mol. The first-order valence-electron chi connectivity index (χ1n) is 10.4. The summed E-state index contributed by atoms with van der Waals surface area (Å²) < 4.78 is 27.7. The summed E-state index contributed by atoms with van der Waals surface area (Å²) in [4.78, 5) is 12.5. The smallest absolute Gasteiger partial charge is 0.260 e. The van der Waals surface area contributed by atoms with E-state index in [2.05, 4.69) is 10.5 Å². The highest BCUT2D eigenvalue weighted by Gasteiger charge is 2.21. The summed E-state index contributed by atoms with van der Waals surface area (Å²) in [6.45, 7) is 7.20. The molecular weight excluding hydrogens is 495 g/mol. The van der Waals surface area contributed by atoms with E-state index in [9.17, 15) is 13.2 Å². The third-order valence-electron chi connectivity index (χ3n) is 5.15. The normalized spacial score (nSPS) is 11.7. The van der Waals surface area contributed by atoms with Crippen LogP contribution in [-0.2, 0) is 14.8 Å². The number of halogens is 2. The Hall–Kier alpha value is -2.81. The summed E-state index contributed by atoms with van der Waals surface area (Å²) >= 11 is 12.3. The fraction of sp³-hybridized carbons (Fsp3) is 0.250. The Balaban J connectivity index is 1.78. The van der Waals surface area contributed by atoms with Gasteiger partial charge in [0.1, 0.15) is 6.54 Å². The van der Waals surface area contributed by atoms with Crippen molar-refractivity contribution in [2.45, 2.75) is 27.7 Å². The fourth-order valence-corrected chi connectivity index (χ4v) is 5.17. The third kappa shape index (κ3) is 6.20. The average Bonchev–Trinajstić information content (AvgIpc) is 2.97. The van der Waals surface area contributed by atoms with Crippen molar-refractivity contribution in [2.24, 2.45) is 5.10 Å². The number of hydrogen-bond donors (Lipinski definition) is 1. The number of nitrogens with one attached hydrogen (secondary N) is 1. The van der Waals surface area contributed by atoms with E-state index in [-0.39, 0.29) is 6.54 Å². The number of anilines is 1. The highest BCUT2D eigenvalue weighted by Crippen LogP contribution is 2.26. The molecule has 180 valence electrons. The molecule has 0 unspecified atom stereocenters. The van der Waals surface area contributed by atoms with Crippen molar-refractivity contribution < 1.29 is 13.2 Å². The van der Waals surface area contributed by atoms with Crippen LogP contribution < -0.4 is 9.73 Å². The molecule has 0 saturated heterocycles. The van der Waals surface area contributed by atoms with Crippen molar-refractivity contribution in [3.05, 3.63) is 80.6 Å². The first-order valence-corrected chi connectivity index (χ1v) is 13.0. The van der Waals surface area contributed by atoms with Crippen LogP contribution in [0.1, 0.15) is 28.1 Å². The molecular formula is C24H26Cl2N4O3S. The van der Waals surface area contributed by atoms with Gasteiger partial charge in [-0.3, -0.25) is 9.10 Å². The van der Waals surface area contributed by atoms with Gasteiger partial charge in [-0.15, -0.1) is 0 Å². The standard InChI is InChI=1S/C24H26Cl2N4O3S/c1-15-6-16(2)8-22(7-15)29(34(5,32)33)14-24(31)28-27-13-19-9-17(3)30(18(19)4)23-11-20(25)10-21(26)12-23/h6-13H,14H2,1-5H3,(H,28,31)/b27-13-. The predicted octanol–water partition coefficient (Wildman–Crippen LogP) is 4.93. The molecule has 1 heterocycles. The van der Waals surface area contributed by atoms with Crippen LogP contribution in [0.4, 0.5) is 5.69 Å². The molecule has 1 N–H and O–H groups in total. The van der Waals surface area contributed by atoms with Crippen LogP contribution in [-0.4, -0.2) is 37.9 Å². The summed E-state index contributed by atoms with van der Waals surface area (Å²) in [7, 11) is -3.67. The second-order valence-electron chi connectivity index (χ2n) is 8.20. The second kappa shape index (κ2) is 10.2. The minimum Gasteiger partial charge on any atom is -0.318 e. The van der Waals surface area contributed by atoms with Crippen molar-refractivity contribution in [3.8, 4) is 5.69 Å². The topological polar surface area (TPSA) is 83.8 Å². The number of hydrogen-bond acceptors (Lipinski definition) is 4. The van der Waals surface area contributed by atoms with Gasteiger partial charge in [-0.05, 0) is 75.2 Å². The number of benzene rings is 2. The Bertz CT molecular complexity index is 1340. The number of sulfonamides is 1. The highest BCUT2D eigenvalue weighted by atomic mass is 35.5. The largest absolute Gasteiger partial charge is 0.318 e. The van der Waals surface area contributed by atoms with Crippen molar-refractivity contribution in [3.63, 3.8) is 0 Å². The quantitative estimate of drug-likeness (QED) is 0.353. The molecule has 0 fully saturated rings. The van der Waals surface area contributed by atoms with E-state index in [1.54, 1.807) is 18.2 Å². The number of hydrazone groups is 1. The third-order valence-corrected chi connectivity index (χ3v) is 6.73. The van der Waals surface area contributed by atoms with E-state index in [4.69, 9.17) is 23.2 Å². The Morgan fingerprint density at radius 1 is 1.00 bits per heavy atom. The molecule has 2 aromatic carbocycles. The van der Waals surface area contributed by atoms with Gasteiger partial charge < -0.3 is 4.57 Å². The fourth-order valence-electron chi connectivity index (χ4n) is 3.82. The highest BCUT2D eigenvalue weighted by molar-refractivity contribution is 7.92. The lowest BCUT2D eigenvalue weighted by atomic mass is 10.1. The zero-order valence-corrected chi connectivity index (χ0v) is 21.9. The van der Waals surface area contributed by atoms with Gasteiger partial charge in [0, 0.05) is 32.7 Å². The van der Waals surface area contributed by atoms with Crippen molar-refractivity contribution in [2.75, 3.05) is 17.1 Å². The van der Waals surface area contributed by atoms with E-state index >= 15 is 0 Å². The summed E-state index contributed by atoms with van der Waals surface area (Å²) in [6.07, 6.45) is 2.59. The molecule has 34 heavy (non-hydrogen) atoms. The van der Waals surface area contributed by atoms with Gasteiger partial charge in [0.25, 0.3) is 5.91 Å². The van der Waals surface area contributed by atoms with Gasteiger partial charge in [0.2, 0.25) is 10.0 Å². The second-order valence-corrected chi connectivity index (χ2v) is 11.0. The molecule has 0 saturated carbocycles. The van der Waals surface area contributed by atoms with Gasteiger partial charge in [-0.2, -0.15) is 5.10 Å². The number of aromatic nitrogens is 1.